The molecule has 0 aliphatic rings. The number of hydrogen-bond acceptors (Lipinski definition) is 3. The van der Waals surface area contributed by atoms with Gasteiger partial charge in [0.1, 0.15) is 5.02 Å². The number of rotatable bonds is 3. The van der Waals surface area contributed by atoms with Crippen molar-refractivity contribution in [3.05, 3.63) is 73.8 Å². The summed E-state index contributed by atoms with van der Waals surface area (Å²) in [5.41, 5.74) is 1.18. The Hall–Kier alpha value is -2.35. The predicted molar refractivity (Wildman–Crippen MR) is 83.0 cm³/mol. The van der Waals surface area contributed by atoms with Gasteiger partial charge in [-0.25, -0.2) is 0 Å². The first kappa shape index (κ1) is 15.0. The van der Waals surface area contributed by atoms with E-state index in [1.165, 1.54) is 18.2 Å². The van der Waals surface area contributed by atoms with Crippen LogP contribution < -0.4 is 0 Å². The van der Waals surface area contributed by atoms with Crippen molar-refractivity contribution in [2.75, 3.05) is 0 Å². The van der Waals surface area contributed by atoms with Crippen LogP contribution in [0.5, 0.6) is 0 Å². The van der Waals surface area contributed by atoms with E-state index in [1.807, 2.05) is 6.07 Å². The van der Waals surface area contributed by atoms with E-state index in [4.69, 9.17) is 23.2 Å². The third-order valence-corrected chi connectivity index (χ3v) is 3.41. The summed E-state index contributed by atoms with van der Waals surface area (Å²) in [6, 6.07) is 13.3. The Morgan fingerprint density at radius 2 is 1.90 bits per heavy atom. The number of nitro groups is 1. The van der Waals surface area contributed by atoms with Gasteiger partial charge in [0, 0.05) is 16.7 Å². The lowest BCUT2D eigenvalue weighted by Crippen LogP contribution is -1.90. The maximum absolute atomic E-state index is 10.9. The van der Waals surface area contributed by atoms with E-state index in [0.717, 1.165) is 0 Å². The average molecular weight is 319 g/mol. The number of hydrogen-bond donors (Lipinski definition) is 0. The van der Waals surface area contributed by atoms with Crippen LogP contribution in [-0.2, 0) is 0 Å². The second-order valence-electron chi connectivity index (χ2n) is 4.12. The van der Waals surface area contributed by atoms with Crippen LogP contribution in [0.2, 0.25) is 10.0 Å². The summed E-state index contributed by atoms with van der Waals surface area (Å²) in [4.78, 5) is 10.3. The fourth-order valence-corrected chi connectivity index (χ4v) is 2.20. The van der Waals surface area contributed by atoms with Crippen LogP contribution in [-0.4, -0.2) is 4.92 Å². The molecule has 2 aromatic rings. The van der Waals surface area contributed by atoms with Crippen molar-refractivity contribution in [3.63, 3.8) is 0 Å². The van der Waals surface area contributed by atoms with Gasteiger partial charge >= 0.3 is 0 Å². The average Bonchev–Trinajstić information content (AvgIpc) is 2.47. The molecular weight excluding hydrogens is 311 g/mol. The molecule has 0 saturated heterocycles. The zero-order chi connectivity index (χ0) is 15.4. The Morgan fingerprint density at radius 1 is 1.19 bits per heavy atom. The molecule has 0 saturated carbocycles. The molecular formula is C15H8Cl2N2O2. The van der Waals surface area contributed by atoms with Gasteiger partial charge in [-0.1, -0.05) is 47.5 Å². The first-order chi connectivity index (χ1) is 10.0. The van der Waals surface area contributed by atoms with Crippen LogP contribution in [0.4, 0.5) is 5.69 Å². The van der Waals surface area contributed by atoms with E-state index < -0.39 is 4.92 Å². The number of nitro benzene ring substituents is 1. The summed E-state index contributed by atoms with van der Waals surface area (Å²) in [5.74, 6) is 0. The van der Waals surface area contributed by atoms with Gasteiger partial charge in [0.2, 0.25) is 0 Å². The van der Waals surface area contributed by atoms with Crippen molar-refractivity contribution >= 4 is 40.5 Å². The molecule has 0 unspecified atom stereocenters. The van der Waals surface area contributed by atoms with E-state index >= 15 is 0 Å². The lowest BCUT2D eigenvalue weighted by molar-refractivity contribution is -0.384. The third-order valence-electron chi connectivity index (χ3n) is 2.76. The van der Waals surface area contributed by atoms with Gasteiger partial charge in [0.25, 0.3) is 5.69 Å². The molecule has 0 N–H and O–H groups in total. The van der Waals surface area contributed by atoms with E-state index in [0.29, 0.717) is 21.7 Å². The van der Waals surface area contributed by atoms with Gasteiger partial charge in [0.15, 0.2) is 0 Å². The van der Waals surface area contributed by atoms with Crippen molar-refractivity contribution in [2.24, 2.45) is 0 Å². The summed E-state index contributed by atoms with van der Waals surface area (Å²) < 4.78 is 0. The lowest BCUT2D eigenvalue weighted by atomic mass is 10.0. The topological polar surface area (TPSA) is 66.9 Å². The van der Waals surface area contributed by atoms with Crippen LogP contribution in [0.3, 0.4) is 0 Å². The largest absolute Gasteiger partial charge is 0.288 e. The standard InChI is InChI=1S/C15H8Cl2N2O2/c16-13-4-2-1-3-12(13)11(9-18)7-10-5-6-14(17)15(8-10)19(20)21/h1-8H. The molecule has 0 aliphatic carbocycles. The molecule has 6 heteroatoms. The molecule has 0 aliphatic heterocycles. The quantitative estimate of drug-likeness (QED) is 0.347. The van der Waals surface area contributed by atoms with Crippen LogP contribution in [0.25, 0.3) is 11.6 Å². The maximum Gasteiger partial charge on any atom is 0.288 e. The lowest BCUT2D eigenvalue weighted by Gasteiger charge is -2.03. The SMILES string of the molecule is N#CC(=Cc1ccc(Cl)c([N+](=O)[O-])c1)c1ccccc1Cl. The second-order valence-corrected chi connectivity index (χ2v) is 4.93. The van der Waals surface area contributed by atoms with Crippen LogP contribution in [0.15, 0.2) is 42.5 Å². The van der Waals surface area contributed by atoms with E-state index in [2.05, 4.69) is 0 Å². The molecule has 0 radical (unpaired) electrons. The first-order valence-corrected chi connectivity index (χ1v) is 6.59. The smallest absolute Gasteiger partial charge is 0.258 e. The molecule has 0 atom stereocenters. The minimum absolute atomic E-state index is 0.0494. The zero-order valence-electron chi connectivity index (χ0n) is 10.6. The fraction of sp³-hybridized carbons (Fsp3) is 0. The van der Waals surface area contributed by atoms with Crippen molar-refractivity contribution in [1.29, 1.82) is 5.26 Å². The number of nitrogens with zero attached hydrogens (tertiary/aromatic N) is 2. The Bertz CT molecular complexity index is 779. The molecule has 0 heterocycles. The van der Waals surface area contributed by atoms with E-state index in [-0.39, 0.29) is 10.7 Å². The molecule has 2 aromatic carbocycles. The molecule has 104 valence electrons. The van der Waals surface area contributed by atoms with Crippen LogP contribution >= 0.6 is 23.2 Å². The van der Waals surface area contributed by atoms with Gasteiger partial charge in [0.05, 0.1) is 16.6 Å². The molecule has 0 fully saturated rings. The molecule has 0 bridgehead atoms. The highest BCUT2D eigenvalue weighted by molar-refractivity contribution is 6.33. The van der Waals surface area contributed by atoms with Gasteiger partial charge in [-0.15, -0.1) is 0 Å². The molecule has 4 nitrogen and oxygen atoms in total. The van der Waals surface area contributed by atoms with Gasteiger partial charge in [-0.3, -0.25) is 10.1 Å². The number of halogens is 2. The Kier molecular flexibility index (Phi) is 4.59. The maximum atomic E-state index is 10.9. The highest BCUT2D eigenvalue weighted by atomic mass is 35.5. The minimum Gasteiger partial charge on any atom is -0.258 e. The van der Waals surface area contributed by atoms with E-state index in [1.54, 1.807) is 30.3 Å². The third kappa shape index (κ3) is 3.40. The van der Waals surface area contributed by atoms with Crippen molar-refractivity contribution in [2.45, 2.75) is 0 Å². The zero-order valence-corrected chi connectivity index (χ0v) is 12.1. The highest BCUT2D eigenvalue weighted by Crippen LogP contribution is 2.29. The summed E-state index contributed by atoms with van der Waals surface area (Å²) in [7, 11) is 0. The Labute approximate surface area is 131 Å². The van der Waals surface area contributed by atoms with Crippen molar-refractivity contribution in [3.8, 4) is 6.07 Å². The number of allylic oxidation sites excluding steroid dienone is 1. The summed E-state index contributed by atoms with van der Waals surface area (Å²) >= 11 is 11.8. The predicted octanol–water partition coefficient (Wildman–Crippen LogP) is 4.97. The fourth-order valence-electron chi connectivity index (χ4n) is 1.78. The molecule has 21 heavy (non-hydrogen) atoms. The number of nitriles is 1. The summed E-state index contributed by atoms with van der Waals surface area (Å²) in [5, 5.41) is 20.6. The first-order valence-electron chi connectivity index (χ1n) is 5.83. The van der Waals surface area contributed by atoms with E-state index in [9.17, 15) is 15.4 Å². The summed E-state index contributed by atoms with van der Waals surface area (Å²) in [6.45, 7) is 0. The normalized spacial score (nSPS) is 11.0. The molecule has 2 rings (SSSR count). The molecule has 0 amide bonds. The Morgan fingerprint density at radius 3 is 2.52 bits per heavy atom. The second kappa shape index (κ2) is 6.40. The van der Waals surface area contributed by atoms with Crippen molar-refractivity contribution in [1.82, 2.24) is 0 Å². The van der Waals surface area contributed by atoms with Crippen LogP contribution in [0.1, 0.15) is 11.1 Å². The van der Waals surface area contributed by atoms with Gasteiger partial charge < -0.3 is 0 Å². The summed E-state index contributed by atoms with van der Waals surface area (Å²) in [6.07, 6.45) is 1.53. The molecule has 0 spiro atoms. The monoisotopic (exact) mass is 318 g/mol. The van der Waals surface area contributed by atoms with Crippen molar-refractivity contribution < 1.29 is 4.92 Å². The van der Waals surface area contributed by atoms with Crippen LogP contribution in [0, 0.1) is 21.4 Å². The highest BCUT2D eigenvalue weighted by Gasteiger charge is 2.13. The van der Waals surface area contributed by atoms with Gasteiger partial charge in [-0.05, 0) is 23.8 Å². The van der Waals surface area contributed by atoms with Gasteiger partial charge in [-0.2, -0.15) is 5.26 Å². The molecule has 0 aromatic heterocycles. The number of benzene rings is 2. The Balaban J connectivity index is 2.52. The minimum atomic E-state index is -0.568.